The highest BCUT2D eigenvalue weighted by Crippen LogP contribution is 2.23. The molecule has 3 N–H and O–H groups in total. The lowest BCUT2D eigenvalue weighted by atomic mass is 10.3. The van der Waals surface area contributed by atoms with E-state index in [2.05, 4.69) is 9.82 Å². The Bertz CT molecular complexity index is 677. The van der Waals surface area contributed by atoms with E-state index in [1.807, 2.05) is 65.3 Å². The Hall–Kier alpha value is -2.40. The number of hydrogen-bond acceptors (Lipinski definition) is 4. The molecule has 0 aliphatic rings. The Balaban J connectivity index is 1.76. The molecule has 0 bridgehead atoms. The van der Waals surface area contributed by atoms with E-state index in [1.165, 1.54) is 11.9 Å². The SMILES string of the molecule is Nc1ccc(SNc2ccnn2-c2ccccc2)cc1. The van der Waals surface area contributed by atoms with Crippen LogP contribution < -0.4 is 10.5 Å². The normalized spacial score (nSPS) is 10.4. The molecule has 20 heavy (non-hydrogen) atoms. The van der Waals surface area contributed by atoms with Gasteiger partial charge in [0.05, 0.1) is 11.9 Å². The van der Waals surface area contributed by atoms with E-state index in [0.29, 0.717) is 0 Å². The number of nitrogen functional groups attached to an aromatic ring is 1. The minimum Gasteiger partial charge on any atom is -0.399 e. The zero-order valence-corrected chi connectivity index (χ0v) is 11.5. The number of nitrogens with two attached hydrogens (primary N) is 1. The third-order valence-corrected chi connectivity index (χ3v) is 3.62. The molecule has 0 amide bonds. The van der Waals surface area contributed by atoms with Gasteiger partial charge in [0.25, 0.3) is 0 Å². The van der Waals surface area contributed by atoms with Gasteiger partial charge in [-0.2, -0.15) is 5.10 Å². The van der Waals surface area contributed by atoms with Crippen LogP contribution in [0.5, 0.6) is 0 Å². The van der Waals surface area contributed by atoms with Crippen molar-refractivity contribution in [3.63, 3.8) is 0 Å². The number of para-hydroxylation sites is 1. The monoisotopic (exact) mass is 282 g/mol. The number of nitrogens with one attached hydrogen (secondary N) is 1. The van der Waals surface area contributed by atoms with Crippen LogP contribution in [0, 0.1) is 0 Å². The van der Waals surface area contributed by atoms with Crippen molar-refractivity contribution in [2.24, 2.45) is 0 Å². The molecule has 3 rings (SSSR count). The van der Waals surface area contributed by atoms with Crippen LogP contribution in [0.25, 0.3) is 5.69 Å². The van der Waals surface area contributed by atoms with Crippen molar-refractivity contribution in [1.29, 1.82) is 0 Å². The number of nitrogens with zero attached hydrogens (tertiary/aromatic N) is 2. The van der Waals surface area contributed by atoms with Crippen molar-refractivity contribution in [2.75, 3.05) is 10.5 Å². The third kappa shape index (κ3) is 2.78. The molecule has 0 saturated heterocycles. The Morgan fingerprint density at radius 2 is 1.70 bits per heavy atom. The summed E-state index contributed by atoms with van der Waals surface area (Å²) in [5, 5.41) is 4.33. The lowest BCUT2D eigenvalue weighted by Gasteiger charge is -2.09. The van der Waals surface area contributed by atoms with Gasteiger partial charge < -0.3 is 10.5 Å². The number of benzene rings is 2. The molecule has 100 valence electrons. The van der Waals surface area contributed by atoms with Gasteiger partial charge in [-0.1, -0.05) is 18.2 Å². The minimum atomic E-state index is 0.767. The lowest BCUT2D eigenvalue weighted by Crippen LogP contribution is -2.00. The fourth-order valence-corrected chi connectivity index (χ4v) is 2.45. The molecule has 3 aromatic rings. The molecule has 0 saturated carbocycles. The summed E-state index contributed by atoms with van der Waals surface area (Å²) in [4.78, 5) is 1.10. The van der Waals surface area contributed by atoms with Gasteiger partial charge in [-0.25, -0.2) is 4.68 Å². The van der Waals surface area contributed by atoms with Crippen LogP contribution in [0.15, 0.2) is 71.8 Å². The van der Waals surface area contributed by atoms with E-state index >= 15 is 0 Å². The van der Waals surface area contributed by atoms with Crippen molar-refractivity contribution in [3.8, 4) is 5.69 Å². The molecule has 0 unspecified atom stereocenters. The molecule has 0 radical (unpaired) electrons. The molecule has 0 atom stereocenters. The molecule has 1 aromatic heterocycles. The predicted octanol–water partition coefficient (Wildman–Crippen LogP) is 3.57. The van der Waals surface area contributed by atoms with Crippen LogP contribution in [-0.4, -0.2) is 9.78 Å². The van der Waals surface area contributed by atoms with Crippen molar-refractivity contribution in [2.45, 2.75) is 4.90 Å². The highest BCUT2D eigenvalue weighted by Gasteiger charge is 2.04. The molecule has 0 aliphatic carbocycles. The minimum absolute atomic E-state index is 0.767. The Labute approximate surface area is 121 Å². The summed E-state index contributed by atoms with van der Waals surface area (Å²) in [5.41, 5.74) is 7.47. The van der Waals surface area contributed by atoms with Crippen LogP contribution >= 0.6 is 11.9 Å². The molecule has 0 spiro atoms. The summed E-state index contributed by atoms with van der Waals surface area (Å²) < 4.78 is 5.17. The molecular formula is C15H14N4S. The summed E-state index contributed by atoms with van der Waals surface area (Å²) in [6.07, 6.45) is 1.78. The molecule has 2 aromatic carbocycles. The second kappa shape index (κ2) is 5.71. The average Bonchev–Trinajstić information content (AvgIpc) is 2.96. The number of hydrogen-bond donors (Lipinski definition) is 2. The summed E-state index contributed by atoms with van der Waals surface area (Å²) in [6, 6.07) is 19.7. The lowest BCUT2D eigenvalue weighted by molar-refractivity contribution is 0.891. The van der Waals surface area contributed by atoms with E-state index in [-0.39, 0.29) is 0 Å². The average molecular weight is 282 g/mol. The Kier molecular flexibility index (Phi) is 3.60. The van der Waals surface area contributed by atoms with E-state index in [4.69, 9.17) is 5.73 Å². The fourth-order valence-electron chi connectivity index (χ4n) is 1.80. The second-order valence-electron chi connectivity index (χ2n) is 4.24. The van der Waals surface area contributed by atoms with Crippen LogP contribution in [0.3, 0.4) is 0 Å². The van der Waals surface area contributed by atoms with E-state index in [9.17, 15) is 0 Å². The number of rotatable bonds is 4. The molecule has 4 nitrogen and oxygen atoms in total. The maximum atomic E-state index is 5.67. The number of aromatic nitrogens is 2. The van der Waals surface area contributed by atoms with Crippen LogP contribution in [0.1, 0.15) is 0 Å². The summed E-state index contributed by atoms with van der Waals surface area (Å²) in [5.74, 6) is 0.929. The van der Waals surface area contributed by atoms with Crippen molar-refractivity contribution in [1.82, 2.24) is 9.78 Å². The van der Waals surface area contributed by atoms with Gasteiger partial charge in [0.15, 0.2) is 0 Å². The van der Waals surface area contributed by atoms with Crippen molar-refractivity contribution >= 4 is 23.5 Å². The van der Waals surface area contributed by atoms with Crippen molar-refractivity contribution < 1.29 is 0 Å². The first kappa shape index (κ1) is 12.6. The molecule has 5 heteroatoms. The van der Waals surface area contributed by atoms with Crippen LogP contribution in [0.4, 0.5) is 11.5 Å². The van der Waals surface area contributed by atoms with Crippen LogP contribution in [0.2, 0.25) is 0 Å². The van der Waals surface area contributed by atoms with Gasteiger partial charge in [-0.3, -0.25) is 0 Å². The Morgan fingerprint density at radius 3 is 2.45 bits per heavy atom. The Morgan fingerprint density at radius 1 is 0.950 bits per heavy atom. The largest absolute Gasteiger partial charge is 0.399 e. The zero-order chi connectivity index (χ0) is 13.8. The van der Waals surface area contributed by atoms with Gasteiger partial charge in [0.2, 0.25) is 0 Å². The molecular weight excluding hydrogens is 268 g/mol. The quantitative estimate of drug-likeness (QED) is 0.567. The summed E-state index contributed by atoms with van der Waals surface area (Å²) in [6.45, 7) is 0. The highest BCUT2D eigenvalue weighted by molar-refractivity contribution is 8.00. The first-order valence-electron chi connectivity index (χ1n) is 6.21. The van der Waals surface area contributed by atoms with Gasteiger partial charge >= 0.3 is 0 Å². The van der Waals surface area contributed by atoms with E-state index in [0.717, 1.165) is 22.1 Å². The highest BCUT2D eigenvalue weighted by atomic mass is 32.2. The molecule has 0 aliphatic heterocycles. The first-order chi connectivity index (χ1) is 9.83. The van der Waals surface area contributed by atoms with Crippen molar-refractivity contribution in [3.05, 3.63) is 66.9 Å². The molecule has 0 fully saturated rings. The number of anilines is 2. The standard InChI is InChI=1S/C15H14N4S/c16-12-6-8-14(9-7-12)20-18-15-10-11-17-19(15)13-4-2-1-3-5-13/h1-11,18H,16H2. The van der Waals surface area contributed by atoms with Gasteiger partial charge in [-0.15, -0.1) is 0 Å². The molecule has 1 heterocycles. The van der Waals surface area contributed by atoms with Gasteiger partial charge in [0.1, 0.15) is 5.82 Å². The topological polar surface area (TPSA) is 55.9 Å². The summed E-state index contributed by atoms with van der Waals surface area (Å²) >= 11 is 1.53. The second-order valence-corrected chi connectivity index (χ2v) is 5.12. The predicted molar refractivity (Wildman–Crippen MR) is 83.9 cm³/mol. The zero-order valence-electron chi connectivity index (χ0n) is 10.7. The van der Waals surface area contributed by atoms with E-state index in [1.54, 1.807) is 6.20 Å². The third-order valence-electron chi connectivity index (χ3n) is 2.80. The smallest absolute Gasteiger partial charge is 0.139 e. The maximum absolute atomic E-state index is 5.67. The van der Waals surface area contributed by atoms with Gasteiger partial charge in [0, 0.05) is 16.6 Å². The first-order valence-corrected chi connectivity index (χ1v) is 7.02. The van der Waals surface area contributed by atoms with E-state index < -0.39 is 0 Å². The summed E-state index contributed by atoms with van der Waals surface area (Å²) in [7, 11) is 0. The van der Waals surface area contributed by atoms with Crippen LogP contribution in [-0.2, 0) is 0 Å². The maximum Gasteiger partial charge on any atom is 0.139 e. The fraction of sp³-hybridized carbons (Fsp3) is 0. The van der Waals surface area contributed by atoms with Gasteiger partial charge in [-0.05, 0) is 48.3 Å².